The maximum atomic E-state index is 12.5. The summed E-state index contributed by atoms with van der Waals surface area (Å²) in [6, 6.07) is 10.2. The molecule has 0 aliphatic heterocycles. The fourth-order valence-corrected chi connectivity index (χ4v) is 2.10. The first-order chi connectivity index (χ1) is 9.54. The summed E-state index contributed by atoms with van der Waals surface area (Å²) in [6.45, 7) is 5.01. The molecule has 0 saturated heterocycles. The van der Waals surface area contributed by atoms with Crippen LogP contribution in [0.5, 0.6) is 0 Å². The zero-order valence-electron chi connectivity index (χ0n) is 13.5. The highest BCUT2D eigenvalue weighted by atomic mass is 35.5. The highest BCUT2D eigenvalue weighted by Gasteiger charge is 2.20. The third-order valence-corrected chi connectivity index (χ3v) is 3.28. The molecular weight excluding hydrogens is 286 g/mol. The molecular formula is C16H28ClN3O. The van der Waals surface area contributed by atoms with Gasteiger partial charge in [-0.05, 0) is 26.7 Å². The van der Waals surface area contributed by atoms with Gasteiger partial charge in [-0.15, -0.1) is 12.4 Å². The Morgan fingerprint density at radius 3 is 2.33 bits per heavy atom. The number of halogens is 1. The summed E-state index contributed by atoms with van der Waals surface area (Å²) < 4.78 is 0. The number of benzene rings is 1. The lowest BCUT2D eigenvalue weighted by Crippen LogP contribution is -2.41. The van der Waals surface area contributed by atoms with Gasteiger partial charge in [-0.25, -0.2) is 0 Å². The van der Waals surface area contributed by atoms with Crippen LogP contribution in [0.3, 0.4) is 0 Å². The average Bonchev–Trinajstić information content (AvgIpc) is 2.44. The molecule has 1 rings (SSSR count). The van der Waals surface area contributed by atoms with Crippen LogP contribution in [0.1, 0.15) is 12.5 Å². The fourth-order valence-electron chi connectivity index (χ4n) is 2.10. The molecule has 0 bridgehead atoms. The van der Waals surface area contributed by atoms with Crippen molar-refractivity contribution >= 4 is 18.3 Å². The summed E-state index contributed by atoms with van der Waals surface area (Å²) in [5, 5.41) is 3.07. The lowest BCUT2D eigenvalue weighted by atomic mass is 10.1. The summed E-state index contributed by atoms with van der Waals surface area (Å²) in [5.41, 5.74) is 1.18. The second-order valence-electron chi connectivity index (χ2n) is 5.51. The van der Waals surface area contributed by atoms with Crippen LogP contribution in [-0.4, -0.2) is 56.5 Å². The first-order valence-electron chi connectivity index (χ1n) is 7.16. The largest absolute Gasteiger partial charge is 0.337 e. The highest BCUT2D eigenvalue weighted by Crippen LogP contribution is 2.09. The number of nitrogens with one attached hydrogen (secondary N) is 1. The monoisotopic (exact) mass is 313 g/mol. The molecule has 21 heavy (non-hydrogen) atoms. The van der Waals surface area contributed by atoms with E-state index in [9.17, 15) is 4.79 Å². The Hall–Kier alpha value is -1.10. The summed E-state index contributed by atoms with van der Waals surface area (Å²) in [6.07, 6.45) is 0. The van der Waals surface area contributed by atoms with E-state index in [1.54, 1.807) is 0 Å². The molecule has 1 aromatic rings. The number of carbonyl (C=O) groups excluding carboxylic acids is 1. The lowest BCUT2D eigenvalue weighted by Gasteiger charge is -2.27. The number of rotatable bonds is 8. The van der Waals surface area contributed by atoms with Gasteiger partial charge in [0.1, 0.15) is 0 Å². The van der Waals surface area contributed by atoms with Crippen molar-refractivity contribution in [1.82, 2.24) is 15.1 Å². The molecule has 1 unspecified atom stereocenters. The van der Waals surface area contributed by atoms with Gasteiger partial charge in [0.05, 0.1) is 0 Å². The Kier molecular flexibility index (Phi) is 10.0. The van der Waals surface area contributed by atoms with Gasteiger partial charge in [0.2, 0.25) is 5.91 Å². The van der Waals surface area contributed by atoms with Gasteiger partial charge >= 0.3 is 0 Å². The van der Waals surface area contributed by atoms with Gasteiger partial charge < -0.3 is 15.1 Å². The van der Waals surface area contributed by atoms with Gasteiger partial charge in [0, 0.05) is 32.1 Å². The van der Waals surface area contributed by atoms with E-state index in [0.29, 0.717) is 13.1 Å². The predicted octanol–water partition coefficient (Wildman–Crippen LogP) is 1.85. The minimum Gasteiger partial charge on any atom is -0.337 e. The van der Waals surface area contributed by atoms with Crippen molar-refractivity contribution in [3.05, 3.63) is 35.9 Å². The molecule has 0 aromatic heterocycles. The third kappa shape index (κ3) is 7.46. The Morgan fingerprint density at radius 2 is 1.81 bits per heavy atom. The summed E-state index contributed by atoms with van der Waals surface area (Å²) in [5.74, 6) is 0.218. The Morgan fingerprint density at radius 1 is 1.19 bits per heavy atom. The number of hydrogen-bond donors (Lipinski definition) is 1. The van der Waals surface area contributed by atoms with Crippen LogP contribution in [0.4, 0.5) is 0 Å². The van der Waals surface area contributed by atoms with E-state index in [4.69, 9.17) is 0 Å². The number of nitrogens with zero attached hydrogens (tertiary/aromatic N) is 2. The van der Waals surface area contributed by atoms with Crippen molar-refractivity contribution in [2.75, 3.05) is 40.8 Å². The topological polar surface area (TPSA) is 35.6 Å². The maximum absolute atomic E-state index is 12.5. The quantitative estimate of drug-likeness (QED) is 0.795. The van der Waals surface area contributed by atoms with E-state index in [1.165, 1.54) is 5.56 Å². The minimum absolute atomic E-state index is 0. The molecule has 1 aromatic carbocycles. The van der Waals surface area contributed by atoms with Crippen molar-refractivity contribution in [3.63, 3.8) is 0 Å². The molecule has 120 valence electrons. The Bertz CT molecular complexity index is 398. The SMILES string of the molecule is CNCC(C)C(=O)N(CCN(C)C)Cc1ccccc1.Cl. The number of likely N-dealkylation sites (N-methyl/N-ethyl adjacent to an activating group) is 1. The molecule has 0 fully saturated rings. The standard InChI is InChI=1S/C16H27N3O.ClH/c1-14(12-17-2)16(20)19(11-10-18(3)4)13-15-8-6-5-7-9-15;/h5-9,14,17H,10-13H2,1-4H3;1H. The van der Waals surface area contributed by atoms with Crippen LogP contribution in [0.25, 0.3) is 0 Å². The van der Waals surface area contributed by atoms with Crippen LogP contribution in [0, 0.1) is 5.92 Å². The molecule has 5 heteroatoms. The second kappa shape index (κ2) is 10.6. The molecule has 1 N–H and O–H groups in total. The molecule has 0 heterocycles. The maximum Gasteiger partial charge on any atom is 0.227 e. The van der Waals surface area contributed by atoms with E-state index in [1.807, 2.05) is 51.2 Å². The van der Waals surface area contributed by atoms with Crippen LogP contribution in [0.15, 0.2) is 30.3 Å². The molecule has 0 radical (unpaired) electrons. The van der Waals surface area contributed by atoms with E-state index >= 15 is 0 Å². The Labute approximate surface area is 134 Å². The second-order valence-corrected chi connectivity index (χ2v) is 5.51. The van der Waals surface area contributed by atoms with Crippen molar-refractivity contribution in [2.24, 2.45) is 5.92 Å². The first kappa shape index (κ1) is 19.9. The van der Waals surface area contributed by atoms with Gasteiger partial charge in [-0.2, -0.15) is 0 Å². The fraction of sp³-hybridized carbons (Fsp3) is 0.562. The smallest absolute Gasteiger partial charge is 0.227 e. The van der Waals surface area contributed by atoms with Crippen LogP contribution in [0.2, 0.25) is 0 Å². The highest BCUT2D eigenvalue weighted by molar-refractivity contribution is 5.85. The summed E-state index contributed by atoms with van der Waals surface area (Å²) >= 11 is 0. The van der Waals surface area contributed by atoms with E-state index < -0.39 is 0 Å². The molecule has 0 aliphatic carbocycles. The normalized spacial score (nSPS) is 11.9. The van der Waals surface area contributed by atoms with Gasteiger partial charge in [0.25, 0.3) is 0 Å². The lowest BCUT2D eigenvalue weighted by molar-refractivity contribution is -0.135. The van der Waals surface area contributed by atoms with Crippen LogP contribution in [-0.2, 0) is 11.3 Å². The minimum atomic E-state index is 0. The summed E-state index contributed by atoms with van der Waals surface area (Å²) in [7, 11) is 5.94. The molecule has 0 aliphatic rings. The molecule has 1 atom stereocenters. The number of carbonyl (C=O) groups is 1. The van der Waals surface area contributed by atoms with Gasteiger partial charge in [-0.1, -0.05) is 37.3 Å². The number of amides is 1. The Balaban J connectivity index is 0.00000400. The van der Waals surface area contributed by atoms with E-state index in [0.717, 1.165) is 13.1 Å². The van der Waals surface area contributed by atoms with Gasteiger partial charge in [-0.3, -0.25) is 4.79 Å². The van der Waals surface area contributed by atoms with Crippen molar-refractivity contribution in [1.29, 1.82) is 0 Å². The van der Waals surface area contributed by atoms with Crippen molar-refractivity contribution in [3.8, 4) is 0 Å². The summed E-state index contributed by atoms with van der Waals surface area (Å²) in [4.78, 5) is 16.6. The number of hydrogen-bond acceptors (Lipinski definition) is 3. The van der Waals surface area contributed by atoms with Crippen molar-refractivity contribution < 1.29 is 4.79 Å². The zero-order chi connectivity index (χ0) is 15.0. The third-order valence-electron chi connectivity index (χ3n) is 3.28. The molecule has 0 saturated carbocycles. The van der Waals surface area contributed by atoms with Crippen LogP contribution >= 0.6 is 12.4 Å². The molecule has 4 nitrogen and oxygen atoms in total. The first-order valence-corrected chi connectivity index (χ1v) is 7.16. The molecule has 1 amide bonds. The van der Waals surface area contributed by atoms with Crippen molar-refractivity contribution in [2.45, 2.75) is 13.5 Å². The van der Waals surface area contributed by atoms with E-state index in [-0.39, 0.29) is 24.2 Å². The predicted molar refractivity (Wildman–Crippen MR) is 90.8 cm³/mol. The zero-order valence-corrected chi connectivity index (χ0v) is 14.3. The average molecular weight is 314 g/mol. The van der Waals surface area contributed by atoms with E-state index in [2.05, 4.69) is 22.3 Å². The van der Waals surface area contributed by atoms with Gasteiger partial charge in [0.15, 0.2) is 0 Å². The van der Waals surface area contributed by atoms with Crippen LogP contribution < -0.4 is 5.32 Å². The molecule has 0 spiro atoms.